The van der Waals surface area contributed by atoms with E-state index in [1.807, 2.05) is 31.3 Å². The molecular formula is C18H19N3. The van der Waals surface area contributed by atoms with Crippen LogP contribution in [0.4, 0.5) is 17.1 Å². The van der Waals surface area contributed by atoms with Crippen molar-refractivity contribution in [1.29, 1.82) is 0 Å². The maximum atomic E-state index is 6.35. The molecule has 0 saturated carbocycles. The predicted octanol–water partition coefficient (Wildman–Crippen LogP) is 4.20. The predicted molar refractivity (Wildman–Crippen MR) is 90.1 cm³/mol. The molecule has 0 aliphatic rings. The smallest absolute Gasteiger partial charge is 0.0724 e. The number of nitrogens with zero attached hydrogens (tertiary/aromatic N) is 2. The normalized spacial score (nSPS) is 10.8. The number of nitrogens with two attached hydrogens (primary N) is 1. The molecule has 0 saturated heterocycles. The van der Waals surface area contributed by atoms with Crippen LogP contribution < -0.4 is 10.6 Å². The Balaban J connectivity index is 2.13. The highest BCUT2D eigenvalue weighted by molar-refractivity contribution is 5.98. The number of aromatic nitrogens is 1. The van der Waals surface area contributed by atoms with Crippen molar-refractivity contribution in [2.24, 2.45) is 0 Å². The summed E-state index contributed by atoms with van der Waals surface area (Å²) in [6, 6.07) is 14.5. The number of nitrogen functional groups attached to an aromatic ring is 1. The Hall–Kier alpha value is -2.55. The minimum atomic E-state index is 0.766. The van der Waals surface area contributed by atoms with Crippen LogP contribution in [-0.2, 0) is 0 Å². The SMILES string of the molecule is Cc1cc(C)cc(N(C)c2ccc3ncccc3c2N)c1. The first kappa shape index (κ1) is 13.4. The van der Waals surface area contributed by atoms with Crippen molar-refractivity contribution in [3.8, 4) is 0 Å². The summed E-state index contributed by atoms with van der Waals surface area (Å²) in [4.78, 5) is 6.47. The number of pyridine rings is 1. The molecule has 3 rings (SSSR count). The fourth-order valence-electron chi connectivity index (χ4n) is 2.74. The molecule has 0 spiro atoms. The van der Waals surface area contributed by atoms with Crippen molar-refractivity contribution in [1.82, 2.24) is 4.98 Å². The van der Waals surface area contributed by atoms with E-state index in [1.165, 1.54) is 11.1 Å². The van der Waals surface area contributed by atoms with E-state index in [0.29, 0.717) is 0 Å². The van der Waals surface area contributed by atoms with Gasteiger partial charge >= 0.3 is 0 Å². The van der Waals surface area contributed by atoms with Gasteiger partial charge in [0.05, 0.1) is 16.9 Å². The first-order chi connectivity index (χ1) is 10.1. The summed E-state index contributed by atoms with van der Waals surface area (Å²) in [6.07, 6.45) is 1.79. The number of aryl methyl sites for hydroxylation is 2. The molecule has 106 valence electrons. The van der Waals surface area contributed by atoms with Gasteiger partial charge in [-0.1, -0.05) is 6.07 Å². The van der Waals surface area contributed by atoms with Gasteiger partial charge in [0.25, 0.3) is 0 Å². The van der Waals surface area contributed by atoms with Crippen molar-refractivity contribution in [3.05, 3.63) is 59.8 Å². The summed E-state index contributed by atoms with van der Waals surface area (Å²) in [5.41, 5.74) is 12.7. The monoisotopic (exact) mass is 277 g/mol. The molecule has 0 aliphatic heterocycles. The second-order valence-corrected chi connectivity index (χ2v) is 5.47. The molecule has 3 nitrogen and oxygen atoms in total. The van der Waals surface area contributed by atoms with Gasteiger partial charge in [-0.15, -0.1) is 0 Å². The van der Waals surface area contributed by atoms with Gasteiger partial charge in [0.15, 0.2) is 0 Å². The lowest BCUT2D eigenvalue weighted by atomic mass is 10.1. The van der Waals surface area contributed by atoms with E-state index >= 15 is 0 Å². The van der Waals surface area contributed by atoms with E-state index in [4.69, 9.17) is 5.73 Å². The number of anilines is 3. The van der Waals surface area contributed by atoms with E-state index < -0.39 is 0 Å². The molecule has 0 aliphatic carbocycles. The molecule has 2 aromatic carbocycles. The second kappa shape index (κ2) is 5.09. The molecule has 0 amide bonds. The molecule has 21 heavy (non-hydrogen) atoms. The summed E-state index contributed by atoms with van der Waals surface area (Å²) >= 11 is 0. The van der Waals surface area contributed by atoms with Gasteiger partial charge < -0.3 is 10.6 Å². The summed E-state index contributed by atoms with van der Waals surface area (Å²) in [7, 11) is 2.04. The van der Waals surface area contributed by atoms with Crippen LogP contribution in [0.1, 0.15) is 11.1 Å². The largest absolute Gasteiger partial charge is 0.396 e. The Kier molecular flexibility index (Phi) is 3.26. The Labute approximate surface area is 125 Å². The fraction of sp³-hybridized carbons (Fsp3) is 0.167. The Morgan fingerprint density at radius 2 is 1.71 bits per heavy atom. The highest BCUT2D eigenvalue weighted by atomic mass is 15.1. The van der Waals surface area contributed by atoms with Crippen LogP contribution in [-0.4, -0.2) is 12.0 Å². The molecule has 0 unspecified atom stereocenters. The molecular weight excluding hydrogens is 258 g/mol. The minimum absolute atomic E-state index is 0.766. The third-order valence-corrected chi connectivity index (χ3v) is 3.76. The van der Waals surface area contributed by atoms with Crippen molar-refractivity contribution in [3.63, 3.8) is 0 Å². The number of rotatable bonds is 2. The topological polar surface area (TPSA) is 42.2 Å². The Morgan fingerprint density at radius 1 is 1.00 bits per heavy atom. The van der Waals surface area contributed by atoms with Gasteiger partial charge in [-0.2, -0.15) is 0 Å². The number of benzene rings is 2. The maximum Gasteiger partial charge on any atom is 0.0724 e. The van der Waals surface area contributed by atoms with Crippen LogP contribution in [0, 0.1) is 13.8 Å². The third kappa shape index (κ3) is 2.42. The lowest BCUT2D eigenvalue weighted by Crippen LogP contribution is -2.12. The van der Waals surface area contributed by atoms with Gasteiger partial charge in [-0.05, 0) is 61.4 Å². The third-order valence-electron chi connectivity index (χ3n) is 3.76. The van der Waals surface area contributed by atoms with Gasteiger partial charge in [0.2, 0.25) is 0 Å². The average Bonchev–Trinajstić information content (AvgIpc) is 2.46. The van der Waals surface area contributed by atoms with E-state index in [0.717, 1.165) is 28.0 Å². The molecule has 1 heterocycles. The van der Waals surface area contributed by atoms with Gasteiger partial charge in [-0.25, -0.2) is 0 Å². The maximum absolute atomic E-state index is 6.35. The lowest BCUT2D eigenvalue weighted by molar-refractivity contribution is 1.20. The highest BCUT2D eigenvalue weighted by Gasteiger charge is 2.11. The zero-order valence-corrected chi connectivity index (χ0v) is 12.6. The molecule has 0 atom stereocenters. The summed E-state index contributed by atoms with van der Waals surface area (Å²) < 4.78 is 0. The molecule has 3 heteroatoms. The first-order valence-electron chi connectivity index (χ1n) is 7.01. The quantitative estimate of drug-likeness (QED) is 0.714. The lowest BCUT2D eigenvalue weighted by Gasteiger charge is -2.23. The summed E-state index contributed by atoms with van der Waals surface area (Å²) in [5, 5.41) is 0.992. The number of hydrogen-bond acceptors (Lipinski definition) is 3. The van der Waals surface area contributed by atoms with E-state index in [1.54, 1.807) is 6.20 Å². The van der Waals surface area contributed by atoms with Crippen LogP contribution in [0.15, 0.2) is 48.7 Å². The minimum Gasteiger partial charge on any atom is -0.396 e. The standard InChI is InChI=1S/C18H19N3/c1-12-9-13(2)11-14(10-12)21(3)17-7-6-16-15(18(17)19)5-4-8-20-16/h4-11H,19H2,1-3H3. The van der Waals surface area contributed by atoms with Gasteiger partial charge in [0.1, 0.15) is 0 Å². The van der Waals surface area contributed by atoms with Gasteiger partial charge in [0, 0.05) is 24.3 Å². The van der Waals surface area contributed by atoms with Crippen LogP contribution >= 0.6 is 0 Å². The average molecular weight is 277 g/mol. The Bertz CT molecular complexity index is 788. The van der Waals surface area contributed by atoms with Crippen LogP contribution in [0.3, 0.4) is 0 Å². The van der Waals surface area contributed by atoms with Crippen molar-refractivity contribution < 1.29 is 0 Å². The highest BCUT2D eigenvalue weighted by Crippen LogP contribution is 2.34. The molecule has 0 fully saturated rings. The number of hydrogen-bond donors (Lipinski definition) is 1. The Morgan fingerprint density at radius 3 is 2.43 bits per heavy atom. The number of fused-ring (bicyclic) bond motifs is 1. The van der Waals surface area contributed by atoms with Crippen molar-refractivity contribution in [2.45, 2.75) is 13.8 Å². The molecule has 1 aromatic heterocycles. The van der Waals surface area contributed by atoms with Crippen LogP contribution in [0.2, 0.25) is 0 Å². The molecule has 2 N–H and O–H groups in total. The van der Waals surface area contributed by atoms with Crippen LogP contribution in [0.25, 0.3) is 10.9 Å². The zero-order chi connectivity index (χ0) is 15.0. The van der Waals surface area contributed by atoms with Crippen LogP contribution in [0.5, 0.6) is 0 Å². The molecule has 0 bridgehead atoms. The first-order valence-corrected chi connectivity index (χ1v) is 7.01. The summed E-state index contributed by atoms with van der Waals surface area (Å²) in [5.74, 6) is 0. The second-order valence-electron chi connectivity index (χ2n) is 5.47. The molecule has 3 aromatic rings. The van der Waals surface area contributed by atoms with Crippen molar-refractivity contribution >= 4 is 28.0 Å². The van der Waals surface area contributed by atoms with Crippen molar-refractivity contribution in [2.75, 3.05) is 17.7 Å². The zero-order valence-electron chi connectivity index (χ0n) is 12.6. The fourth-order valence-corrected chi connectivity index (χ4v) is 2.74. The van der Waals surface area contributed by atoms with E-state index in [-0.39, 0.29) is 0 Å². The van der Waals surface area contributed by atoms with E-state index in [9.17, 15) is 0 Å². The molecule has 0 radical (unpaired) electrons. The van der Waals surface area contributed by atoms with Gasteiger partial charge in [-0.3, -0.25) is 4.98 Å². The summed E-state index contributed by atoms with van der Waals surface area (Å²) in [6.45, 7) is 4.22. The van der Waals surface area contributed by atoms with E-state index in [2.05, 4.69) is 41.9 Å².